The normalized spacial score (nSPS) is 19.2. The van der Waals surface area contributed by atoms with Gasteiger partial charge in [-0.1, -0.05) is 0 Å². The maximum atomic E-state index is 12.0. The first-order valence-corrected chi connectivity index (χ1v) is 8.95. The fourth-order valence-corrected chi connectivity index (χ4v) is 3.91. The van der Waals surface area contributed by atoms with Crippen LogP contribution in [-0.2, 0) is 14.8 Å². The van der Waals surface area contributed by atoms with Crippen LogP contribution in [0.3, 0.4) is 0 Å². The Balaban J connectivity index is 1.80. The van der Waals surface area contributed by atoms with Crippen LogP contribution in [0.25, 0.3) is 0 Å². The van der Waals surface area contributed by atoms with Gasteiger partial charge < -0.3 is 4.90 Å². The second kappa shape index (κ2) is 6.55. The molecule has 0 spiro atoms. The van der Waals surface area contributed by atoms with Crippen molar-refractivity contribution < 1.29 is 13.2 Å². The Labute approximate surface area is 122 Å². The number of carbonyl (C=O) groups is 1. The van der Waals surface area contributed by atoms with Gasteiger partial charge in [0.05, 0.1) is 11.5 Å². The van der Waals surface area contributed by atoms with Crippen molar-refractivity contribution in [1.29, 1.82) is 0 Å². The Kier molecular flexibility index (Phi) is 5.00. The van der Waals surface area contributed by atoms with Crippen LogP contribution in [0.2, 0.25) is 0 Å². The molecular weight excluding hydrogens is 298 g/mol. The highest BCUT2D eigenvalue weighted by atomic mass is 32.2. The van der Waals surface area contributed by atoms with Crippen molar-refractivity contribution in [1.82, 2.24) is 9.88 Å². The smallest absolute Gasteiger partial charge is 0.232 e. The number of likely N-dealkylation sites (tertiary alicyclic amines) is 1. The minimum absolute atomic E-state index is 0.0312. The van der Waals surface area contributed by atoms with E-state index in [1.54, 1.807) is 17.3 Å². The zero-order valence-corrected chi connectivity index (χ0v) is 12.6. The van der Waals surface area contributed by atoms with Crippen molar-refractivity contribution in [2.45, 2.75) is 11.3 Å². The molecule has 0 aliphatic carbocycles. The molecule has 1 aromatic heterocycles. The molecule has 110 valence electrons. The summed E-state index contributed by atoms with van der Waals surface area (Å²) in [7, 11) is -3.46. The molecule has 0 saturated carbocycles. The molecular formula is C12H17N3O3S2. The summed E-state index contributed by atoms with van der Waals surface area (Å²) >= 11 is 1.46. The van der Waals surface area contributed by atoms with Gasteiger partial charge in [0.1, 0.15) is 0 Å². The topological polar surface area (TPSA) is 93.4 Å². The number of amides is 1. The monoisotopic (exact) mass is 315 g/mol. The molecule has 1 aliphatic rings. The Morgan fingerprint density at radius 2 is 2.15 bits per heavy atom. The summed E-state index contributed by atoms with van der Waals surface area (Å²) in [6.45, 7) is 1.09. The number of hydrogen-bond acceptors (Lipinski definition) is 5. The number of thioether (sulfide) groups is 1. The average Bonchev–Trinajstić information content (AvgIpc) is 2.83. The predicted molar refractivity (Wildman–Crippen MR) is 77.6 cm³/mol. The highest BCUT2D eigenvalue weighted by molar-refractivity contribution is 8.00. The van der Waals surface area contributed by atoms with Crippen molar-refractivity contribution in [2.24, 2.45) is 11.1 Å². The van der Waals surface area contributed by atoms with Gasteiger partial charge in [-0.3, -0.25) is 9.78 Å². The minimum atomic E-state index is -3.46. The lowest BCUT2D eigenvalue weighted by Gasteiger charge is -2.16. The molecule has 20 heavy (non-hydrogen) atoms. The molecule has 2 heterocycles. The first kappa shape index (κ1) is 15.3. The van der Waals surface area contributed by atoms with Crippen molar-refractivity contribution in [3.05, 3.63) is 24.5 Å². The number of nitrogens with zero attached hydrogens (tertiary/aromatic N) is 2. The van der Waals surface area contributed by atoms with Gasteiger partial charge in [0.2, 0.25) is 15.9 Å². The summed E-state index contributed by atoms with van der Waals surface area (Å²) in [6.07, 6.45) is 4.07. The molecule has 1 fully saturated rings. The average molecular weight is 315 g/mol. The summed E-state index contributed by atoms with van der Waals surface area (Å²) in [5, 5.41) is 5.03. The van der Waals surface area contributed by atoms with E-state index in [0.29, 0.717) is 25.3 Å². The summed E-state index contributed by atoms with van der Waals surface area (Å²) in [6, 6.07) is 3.71. The van der Waals surface area contributed by atoms with Crippen LogP contribution in [0.5, 0.6) is 0 Å². The fourth-order valence-electron chi connectivity index (χ4n) is 2.19. The van der Waals surface area contributed by atoms with Gasteiger partial charge in [0, 0.05) is 30.4 Å². The number of aromatic nitrogens is 1. The van der Waals surface area contributed by atoms with Crippen LogP contribution in [-0.4, -0.2) is 48.8 Å². The van der Waals surface area contributed by atoms with Crippen LogP contribution in [0, 0.1) is 5.92 Å². The molecule has 0 unspecified atom stereocenters. The summed E-state index contributed by atoms with van der Waals surface area (Å²) < 4.78 is 22.1. The molecule has 1 amide bonds. The molecule has 2 N–H and O–H groups in total. The molecule has 1 atom stereocenters. The number of nitrogens with two attached hydrogens (primary N) is 1. The van der Waals surface area contributed by atoms with Crippen LogP contribution < -0.4 is 5.14 Å². The second-order valence-corrected chi connectivity index (χ2v) is 7.50. The SMILES string of the molecule is NS(=O)(=O)C[C@H]1CCN(C(=O)CSc2ccncc2)C1. The maximum absolute atomic E-state index is 12.0. The number of rotatable bonds is 5. The van der Waals surface area contributed by atoms with Crippen molar-refractivity contribution >= 4 is 27.7 Å². The Morgan fingerprint density at radius 1 is 1.45 bits per heavy atom. The van der Waals surface area contributed by atoms with Gasteiger partial charge in [-0.2, -0.15) is 0 Å². The summed E-state index contributed by atoms with van der Waals surface area (Å²) in [5.74, 6) is 0.295. The standard InChI is InChI=1S/C12H17N3O3S2/c13-20(17,18)9-10-3-6-15(7-10)12(16)8-19-11-1-4-14-5-2-11/h1-2,4-5,10H,3,6-9H2,(H2,13,17,18)/t10-/m0/s1. The van der Waals surface area contributed by atoms with Gasteiger partial charge in [0.25, 0.3) is 0 Å². The Hall–Kier alpha value is -1.12. The van der Waals surface area contributed by atoms with Gasteiger partial charge in [-0.05, 0) is 24.5 Å². The van der Waals surface area contributed by atoms with Crippen LogP contribution in [0.4, 0.5) is 0 Å². The number of hydrogen-bond donors (Lipinski definition) is 1. The molecule has 0 radical (unpaired) electrons. The lowest BCUT2D eigenvalue weighted by atomic mass is 10.2. The number of sulfonamides is 1. The van der Waals surface area contributed by atoms with Crippen molar-refractivity contribution in [3.8, 4) is 0 Å². The van der Waals surface area contributed by atoms with E-state index in [1.807, 2.05) is 12.1 Å². The maximum Gasteiger partial charge on any atom is 0.232 e. The molecule has 8 heteroatoms. The first-order valence-electron chi connectivity index (χ1n) is 6.25. The highest BCUT2D eigenvalue weighted by Gasteiger charge is 2.28. The van der Waals surface area contributed by atoms with E-state index in [2.05, 4.69) is 4.98 Å². The Bertz CT molecular complexity index is 563. The molecule has 2 rings (SSSR count). The van der Waals surface area contributed by atoms with Gasteiger partial charge >= 0.3 is 0 Å². The number of carbonyl (C=O) groups excluding carboxylic acids is 1. The van der Waals surface area contributed by atoms with Crippen molar-refractivity contribution in [3.63, 3.8) is 0 Å². The zero-order chi connectivity index (χ0) is 14.6. The minimum Gasteiger partial charge on any atom is -0.342 e. The molecule has 1 saturated heterocycles. The lowest BCUT2D eigenvalue weighted by Crippen LogP contribution is -2.31. The predicted octanol–water partition coefficient (Wildman–Crippen LogP) is 0.311. The van der Waals surface area contributed by atoms with E-state index in [0.717, 1.165) is 4.90 Å². The Morgan fingerprint density at radius 3 is 2.80 bits per heavy atom. The number of primary sulfonamides is 1. The van der Waals surface area contributed by atoms with E-state index in [4.69, 9.17) is 5.14 Å². The molecule has 1 aliphatic heterocycles. The first-order chi connectivity index (χ1) is 9.44. The van der Waals surface area contributed by atoms with Gasteiger partial charge in [0.15, 0.2) is 0 Å². The fraction of sp³-hybridized carbons (Fsp3) is 0.500. The third-order valence-corrected chi connectivity index (χ3v) is 5.05. The third kappa shape index (κ3) is 4.77. The van der Waals surface area contributed by atoms with Crippen LogP contribution in [0.1, 0.15) is 6.42 Å². The van der Waals surface area contributed by atoms with Crippen molar-refractivity contribution in [2.75, 3.05) is 24.6 Å². The molecule has 6 nitrogen and oxygen atoms in total. The summed E-state index contributed by atoms with van der Waals surface area (Å²) in [4.78, 5) is 18.7. The largest absolute Gasteiger partial charge is 0.342 e. The van der Waals surface area contributed by atoms with Gasteiger partial charge in [-0.15, -0.1) is 11.8 Å². The van der Waals surface area contributed by atoms with E-state index in [9.17, 15) is 13.2 Å². The van der Waals surface area contributed by atoms with E-state index >= 15 is 0 Å². The van der Waals surface area contributed by atoms with Crippen LogP contribution >= 0.6 is 11.8 Å². The van der Waals surface area contributed by atoms with Crippen LogP contribution in [0.15, 0.2) is 29.4 Å². The second-order valence-electron chi connectivity index (χ2n) is 4.80. The highest BCUT2D eigenvalue weighted by Crippen LogP contribution is 2.21. The van der Waals surface area contributed by atoms with E-state index in [-0.39, 0.29) is 17.6 Å². The van der Waals surface area contributed by atoms with E-state index < -0.39 is 10.0 Å². The lowest BCUT2D eigenvalue weighted by molar-refractivity contribution is -0.127. The van der Waals surface area contributed by atoms with Gasteiger partial charge in [-0.25, -0.2) is 13.6 Å². The third-order valence-electron chi connectivity index (χ3n) is 3.12. The quantitative estimate of drug-likeness (QED) is 0.789. The molecule has 0 bridgehead atoms. The number of pyridine rings is 1. The molecule has 0 aromatic carbocycles. The zero-order valence-electron chi connectivity index (χ0n) is 10.9. The van der Waals surface area contributed by atoms with E-state index in [1.165, 1.54) is 11.8 Å². The molecule has 1 aromatic rings. The summed E-state index contributed by atoms with van der Waals surface area (Å²) in [5.41, 5.74) is 0.